The second-order valence-electron chi connectivity index (χ2n) is 4.80. The number of aryl methyl sites for hydroxylation is 1. The Hall–Kier alpha value is -0.710. The summed E-state index contributed by atoms with van der Waals surface area (Å²) in [6.07, 6.45) is 2.70. The maximum atomic E-state index is 10.2. The van der Waals surface area contributed by atoms with Crippen molar-refractivity contribution in [2.45, 2.75) is 31.6 Å². The van der Waals surface area contributed by atoms with Gasteiger partial charge in [-0.1, -0.05) is 18.6 Å². The first-order valence-electron chi connectivity index (χ1n) is 6.64. The molecular formula is C15H25NO2S. The standard InChI is InChI=1S/C15H25NO2S/c1-11-5-6-15(18-3)13(9-11)14(17)10-16-8-7-12(2)19-4/h5-6,9,12,14,16-17H,7-8,10H2,1-4H3. The van der Waals surface area contributed by atoms with E-state index in [1.54, 1.807) is 7.11 Å². The summed E-state index contributed by atoms with van der Waals surface area (Å²) in [7, 11) is 1.63. The molecule has 1 aromatic rings. The summed E-state index contributed by atoms with van der Waals surface area (Å²) >= 11 is 1.87. The van der Waals surface area contributed by atoms with Gasteiger partial charge in [-0.25, -0.2) is 0 Å². The fourth-order valence-corrected chi connectivity index (χ4v) is 2.24. The minimum absolute atomic E-state index is 0.528. The van der Waals surface area contributed by atoms with Crippen LogP contribution in [0.3, 0.4) is 0 Å². The third-order valence-electron chi connectivity index (χ3n) is 3.21. The lowest BCUT2D eigenvalue weighted by Crippen LogP contribution is -2.24. The molecule has 0 spiro atoms. The second-order valence-corrected chi connectivity index (χ2v) is 6.08. The van der Waals surface area contributed by atoms with Gasteiger partial charge >= 0.3 is 0 Å². The molecule has 0 amide bonds. The van der Waals surface area contributed by atoms with Crippen molar-refractivity contribution >= 4 is 11.8 Å². The smallest absolute Gasteiger partial charge is 0.124 e. The summed E-state index contributed by atoms with van der Waals surface area (Å²) in [6.45, 7) is 5.71. The number of benzene rings is 1. The number of rotatable bonds is 8. The Morgan fingerprint density at radius 3 is 2.79 bits per heavy atom. The average molecular weight is 283 g/mol. The summed E-state index contributed by atoms with van der Waals surface area (Å²) in [6, 6.07) is 5.88. The van der Waals surface area contributed by atoms with E-state index in [1.165, 1.54) is 0 Å². The monoisotopic (exact) mass is 283 g/mol. The molecule has 0 aromatic heterocycles. The summed E-state index contributed by atoms with van der Waals surface area (Å²) in [5, 5.41) is 14.2. The maximum absolute atomic E-state index is 10.2. The van der Waals surface area contributed by atoms with Gasteiger partial charge in [-0.15, -0.1) is 0 Å². The van der Waals surface area contributed by atoms with E-state index in [1.807, 2.05) is 36.9 Å². The van der Waals surface area contributed by atoms with Gasteiger partial charge in [0.15, 0.2) is 0 Å². The topological polar surface area (TPSA) is 41.5 Å². The summed E-state index contributed by atoms with van der Waals surface area (Å²) < 4.78 is 5.29. The molecule has 0 saturated heterocycles. The van der Waals surface area contributed by atoms with E-state index in [9.17, 15) is 5.11 Å². The Kier molecular flexibility index (Phi) is 7.28. The zero-order valence-electron chi connectivity index (χ0n) is 12.3. The highest BCUT2D eigenvalue weighted by atomic mass is 32.2. The van der Waals surface area contributed by atoms with Crippen molar-refractivity contribution in [1.29, 1.82) is 0 Å². The van der Waals surface area contributed by atoms with Gasteiger partial charge in [-0.05, 0) is 38.3 Å². The number of nitrogens with one attached hydrogen (secondary N) is 1. The number of aliphatic hydroxyl groups is 1. The largest absolute Gasteiger partial charge is 0.496 e. The number of thioether (sulfide) groups is 1. The Morgan fingerprint density at radius 1 is 1.42 bits per heavy atom. The molecule has 0 aliphatic rings. The predicted molar refractivity (Wildman–Crippen MR) is 83.2 cm³/mol. The molecule has 19 heavy (non-hydrogen) atoms. The van der Waals surface area contributed by atoms with Gasteiger partial charge in [0.05, 0.1) is 13.2 Å². The Morgan fingerprint density at radius 2 is 2.16 bits per heavy atom. The molecule has 0 fully saturated rings. The molecule has 0 radical (unpaired) electrons. The number of ether oxygens (including phenoxy) is 1. The van der Waals surface area contributed by atoms with E-state index >= 15 is 0 Å². The predicted octanol–water partition coefficient (Wildman–Crippen LogP) is 2.77. The SMILES string of the molecule is COc1ccc(C)cc1C(O)CNCCC(C)SC. The molecule has 1 rings (SSSR count). The van der Waals surface area contributed by atoms with Gasteiger partial charge in [0.1, 0.15) is 5.75 Å². The lowest BCUT2D eigenvalue weighted by molar-refractivity contribution is 0.170. The van der Waals surface area contributed by atoms with E-state index in [0.717, 1.165) is 29.8 Å². The van der Waals surface area contributed by atoms with Gasteiger partial charge in [0.25, 0.3) is 0 Å². The molecule has 0 bridgehead atoms. The zero-order chi connectivity index (χ0) is 14.3. The van der Waals surface area contributed by atoms with Crippen LogP contribution in [0.5, 0.6) is 5.75 Å². The van der Waals surface area contributed by atoms with Crippen molar-refractivity contribution in [3.05, 3.63) is 29.3 Å². The van der Waals surface area contributed by atoms with Crippen LogP contribution in [0.4, 0.5) is 0 Å². The highest BCUT2D eigenvalue weighted by molar-refractivity contribution is 7.99. The van der Waals surface area contributed by atoms with E-state index < -0.39 is 6.10 Å². The highest BCUT2D eigenvalue weighted by Crippen LogP contribution is 2.25. The normalized spacial score (nSPS) is 14.2. The first kappa shape index (κ1) is 16.3. The van der Waals surface area contributed by atoms with Crippen LogP contribution in [-0.2, 0) is 0 Å². The van der Waals surface area contributed by atoms with Gasteiger partial charge in [0.2, 0.25) is 0 Å². The molecule has 2 unspecified atom stereocenters. The van der Waals surface area contributed by atoms with Gasteiger partial charge in [0, 0.05) is 17.4 Å². The summed E-state index contributed by atoms with van der Waals surface area (Å²) in [5.41, 5.74) is 1.98. The summed E-state index contributed by atoms with van der Waals surface area (Å²) in [4.78, 5) is 0. The van der Waals surface area contributed by atoms with E-state index in [4.69, 9.17) is 4.74 Å². The lowest BCUT2D eigenvalue weighted by Gasteiger charge is -2.17. The minimum atomic E-state index is -0.528. The van der Waals surface area contributed by atoms with Crippen molar-refractivity contribution in [2.75, 3.05) is 26.5 Å². The van der Waals surface area contributed by atoms with Crippen molar-refractivity contribution in [1.82, 2.24) is 5.32 Å². The molecule has 0 heterocycles. The molecule has 3 nitrogen and oxygen atoms in total. The highest BCUT2D eigenvalue weighted by Gasteiger charge is 2.13. The third-order valence-corrected chi connectivity index (χ3v) is 4.25. The molecule has 2 atom stereocenters. The molecular weight excluding hydrogens is 258 g/mol. The Labute approximate surface area is 120 Å². The van der Waals surface area contributed by atoms with Crippen LogP contribution < -0.4 is 10.1 Å². The van der Waals surface area contributed by atoms with Crippen molar-refractivity contribution < 1.29 is 9.84 Å². The van der Waals surface area contributed by atoms with Crippen molar-refractivity contribution in [3.8, 4) is 5.75 Å². The zero-order valence-corrected chi connectivity index (χ0v) is 13.1. The first-order chi connectivity index (χ1) is 9.08. The molecule has 0 aliphatic carbocycles. The van der Waals surface area contributed by atoms with Crippen LogP contribution in [0.1, 0.15) is 30.6 Å². The van der Waals surface area contributed by atoms with Crippen LogP contribution in [0.25, 0.3) is 0 Å². The molecule has 0 aliphatic heterocycles. The third kappa shape index (κ3) is 5.43. The minimum Gasteiger partial charge on any atom is -0.496 e. The first-order valence-corrected chi connectivity index (χ1v) is 7.93. The van der Waals surface area contributed by atoms with Gasteiger partial charge in [-0.2, -0.15) is 11.8 Å². The molecule has 1 aromatic carbocycles. The van der Waals surface area contributed by atoms with E-state index in [0.29, 0.717) is 11.8 Å². The van der Waals surface area contributed by atoms with Crippen molar-refractivity contribution in [2.24, 2.45) is 0 Å². The van der Waals surface area contributed by atoms with Crippen LogP contribution in [-0.4, -0.2) is 36.8 Å². The molecule has 2 N–H and O–H groups in total. The fourth-order valence-electron chi connectivity index (χ4n) is 1.89. The Bertz CT molecular complexity index is 384. The summed E-state index contributed by atoms with van der Waals surface area (Å²) in [5.74, 6) is 0.748. The molecule has 4 heteroatoms. The lowest BCUT2D eigenvalue weighted by atomic mass is 10.1. The second kappa shape index (κ2) is 8.46. The maximum Gasteiger partial charge on any atom is 0.124 e. The fraction of sp³-hybridized carbons (Fsp3) is 0.600. The van der Waals surface area contributed by atoms with Gasteiger partial charge in [-0.3, -0.25) is 0 Å². The van der Waals surface area contributed by atoms with Gasteiger partial charge < -0.3 is 15.2 Å². The number of aliphatic hydroxyl groups excluding tert-OH is 1. The number of methoxy groups -OCH3 is 1. The van der Waals surface area contributed by atoms with Crippen LogP contribution in [0.15, 0.2) is 18.2 Å². The van der Waals surface area contributed by atoms with Crippen LogP contribution in [0.2, 0.25) is 0 Å². The molecule has 108 valence electrons. The van der Waals surface area contributed by atoms with E-state index in [2.05, 4.69) is 18.5 Å². The quantitative estimate of drug-likeness (QED) is 0.720. The number of hydrogen-bond acceptors (Lipinski definition) is 4. The van der Waals surface area contributed by atoms with Crippen LogP contribution >= 0.6 is 11.8 Å². The number of hydrogen-bond donors (Lipinski definition) is 2. The van der Waals surface area contributed by atoms with Crippen LogP contribution in [0, 0.1) is 6.92 Å². The molecule has 0 saturated carbocycles. The van der Waals surface area contributed by atoms with Crippen molar-refractivity contribution in [3.63, 3.8) is 0 Å². The average Bonchev–Trinajstić information content (AvgIpc) is 2.42. The van der Waals surface area contributed by atoms with E-state index in [-0.39, 0.29) is 0 Å². The Balaban J connectivity index is 2.49.